The van der Waals surface area contributed by atoms with Gasteiger partial charge in [0.05, 0.1) is 0 Å². The summed E-state index contributed by atoms with van der Waals surface area (Å²) >= 11 is 5.98. The van der Waals surface area contributed by atoms with Crippen LogP contribution in [0.15, 0.2) is 18.2 Å². The van der Waals surface area contributed by atoms with Crippen LogP contribution in [0.4, 0.5) is 0 Å². The summed E-state index contributed by atoms with van der Waals surface area (Å²) < 4.78 is 0. The molecule has 0 spiro atoms. The van der Waals surface area contributed by atoms with Gasteiger partial charge in [0.2, 0.25) is 0 Å². The minimum atomic E-state index is 0.380. The summed E-state index contributed by atoms with van der Waals surface area (Å²) in [6.45, 7) is 5.19. The maximum absolute atomic E-state index is 5.98. The van der Waals surface area contributed by atoms with Crippen molar-refractivity contribution in [3.8, 4) is 12.3 Å². The van der Waals surface area contributed by atoms with E-state index >= 15 is 0 Å². The van der Waals surface area contributed by atoms with E-state index in [-0.39, 0.29) is 0 Å². The van der Waals surface area contributed by atoms with Crippen LogP contribution in [0.1, 0.15) is 43.4 Å². The number of aryl methyl sites for hydroxylation is 1. The van der Waals surface area contributed by atoms with Gasteiger partial charge in [-0.1, -0.05) is 24.6 Å². The summed E-state index contributed by atoms with van der Waals surface area (Å²) in [5, 5.41) is 4.30. The first-order valence-corrected chi connectivity index (χ1v) is 6.49. The molecular formula is C15H20ClN. The average molecular weight is 250 g/mol. The minimum Gasteiger partial charge on any atom is -0.310 e. The van der Waals surface area contributed by atoms with Crippen molar-refractivity contribution in [3.05, 3.63) is 34.3 Å². The second-order valence-corrected chi connectivity index (χ2v) is 4.64. The first-order valence-electron chi connectivity index (χ1n) is 6.12. The van der Waals surface area contributed by atoms with Gasteiger partial charge in [-0.3, -0.25) is 0 Å². The van der Waals surface area contributed by atoms with E-state index in [4.69, 9.17) is 18.0 Å². The number of nitrogens with one attached hydrogen (secondary N) is 1. The van der Waals surface area contributed by atoms with Gasteiger partial charge in [-0.15, -0.1) is 12.3 Å². The lowest BCUT2D eigenvalue weighted by atomic mass is 9.97. The third kappa shape index (κ3) is 4.42. The molecule has 0 aliphatic rings. The highest BCUT2D eigenvalue weighted by atomic mass is 35.5. The molecule has 1 N–H and O–H groups in total. The fourth-order valence-corrected chi connectivity index (χ4v) is 2.28. The van der Waals surface area contributed by atoms with Crippen LogP contribution in [-0.2, 0) is 0 Å². The molecule has 1 rings (SSSR count). The number of terminal acetylenes is 1. The van der Waals surface area contributed by atoms with Crippen molar-refractivity contribution in [2.24, 2.45) is 0 Å². The smallest absolute Gasteiger partial charge is 0.0408 e. The second-order valence-electron chi connectivity index (χ2n) is 4.21. The molecule has 92 valence electrons. The van der Waals surface area contributed by atoms with Gasteiger partial charge in [0.25, 0.3) is 0 Å². The van der Waals surface area contributed by atoms with Crippen LogP contribution in [0, 0.1) is 19.3 Å². The Hall–Kier alpha value is -0.970. The zero-order valence-electron chi connectivity index (χ0n) is 10.6. The Morgan fingerprint density at radius 3 is 2.82 bits per heavy atom. The van der Waals surface area contributed by atoms with Crippen LogP contribution < -0.4 is 5.32 Å². The third-order valence-corrected chi connectivity index (χ3v) is 3.11. The predicted octanol–water partition coefficient (Wildman–Crippen LogP) is 4.10. The normalized spacial score (nSPS) is 12.1. The summed E-state index contributed by atoms with van der Waals surface area (Å²) in [5.74, 6) is 2.69. The monoisotopic (exact) mass is 249 g/mol. The van der Waals surface area contributed by atoms with Crippen LogP contribution in [0.3, 0.4) is 0 Å². The maximum atomic E-state index is 5.98. The molecule has 0 bridgehead atoms. The Kier molecular flexibility index (Phi) is 6.11. The second kappa shape index (κ2) is 7.37. The SMILES string of the molecule is C#CCCCC(NCC)c1ccc(Cl)cc1C. The average Bonchev–Trinajstić information content (AvgIpc) is 2.28. The lowest BCUT2D eigenvalue weighted by Gasteiger charge is -2.20. The Labute approximate surface area is 110 Å². The number of halogens is 1. The number of unbranched alkanes of at least 4 members (excludes halogenated alkanes) is 1. The Bertz CT molecular complexity index is 392. The largest absolute Gasteiger partial charge is 0.310 e. The molecule has 2 heteroatoms. The zero-order chi connectivity index (χ0) is 12.7. The number of rotatable bonds is 6. The van der Waals surface area contributed by atoms with Crippen LogP contribution in [0.2, 0.25) is 5.02 Å². The molecule has 0 fully saturated rings. The highest BCUT2D eigenvalue weighted by Crippen LogP contribution is 2.25. The minimum absolute atomic E-state index is 0.380. The molecule has 17 heavy (non-hydrogen) atoms. The van der Waals surface area contributed by atoms with Crippen molar-refractivity contribution >= 4 is 11.6 Å². The topological polar surface area (TPSA) is 12.0 Å². The summed E-state index contributed by atoms with van der Waals surface area (Å²) in [5.41, 5.74) is 2.57. The summed E-state index contributed by atoms with van der Waals surface area (Å²) in [7, 11) is 0. The van der Waals surface area contributed by atoms with Crippen molar-refractivity contribution in [1.82, 2.24) is 5.32 Å². The van der Waals surface area contributed by atoms with E-state index in [9.17, 15) is 0 Å². The molecular weight excluding hydrogens is 230 g/mol. The van der Waals surface area contributed by atoms with E-state index in [2.05, 4.69) is 31.2 Å². The quantitative estimate of drug-likeness (QED) is 0.591. The Balaban J connectivity index is 2.78. The van der Waals surface area contributed by atoms with Crippen LogP contribution in [0.5, 0.6) is 0 Å². The van der Waals surface area contributed by atoms with E-state index in [1.807, 2.05) is 12.1 Å². The molecule has 1 aromatic rings. The molecule has 0 amide bonds. The van der Waals surface area contributed by atoms with Crippen LogP contribution in [-0.4, -0.2) is 6.54 Å². The fraction of sp³-hybridized carbons (Fsp3) is 0.467. The van der Waals surface area contributed by atoms with E-state index in [1.54, 1.807) is 0 Å². The van der Waals surface area contributed by atoms with Gasteiger partial charge in [0, 0.05) is 17.5 Å². The molecule has 0 saturated heterocycles. The number of hydrogen-bond acceptors (Lipinski definition) is 1. The van der Waals surface area contributed by atoms with E-state index < -0.39 is 0 Å². The first kappa shape index (κ1) is 14.1. The summed E-state index contributed by atoms with van der Waals surface area (Å²) in [4.78, 5) is 0. The molecule has 0 radical (unpaired) electrons. The van der Waals surface area contributed by atoms with Crippen LogP contribution >= 0.6 is 11.6 Å². The number of benzene rings is 1. The molecule has 0 saturated carbocycles. The molecule has 0 aromatic heterocycles. The van der Waals surface area contributed by atoms with Crippen LogP contribution in [0.25, 0.3) is 0 Å². The number of hydrogen-bond donors (Lipinski definition) is 1. The molecule has 0 aliphatic heterocycles. The van der Waals surface area contributed by atoms with Crippen molar-refractivity contribution < 1.29 is 0 Å². The molecule has 1 nitrogen and oxygen atoms in total. The van der Waals surface area contributed by atoms with E-state index in [1.165, 1.54) is 11.1 Å². The summed E-state index contributed by atoms with van der Waals surface area (Å²) in [6.07, 6.45) is 8.25. The maximum Gasteiger partial charge on any atom is 0.0408 e. The lowest BCUT2D eigenvalue weighted by molar-refractivity contribution is 0.500. The third-order valence-electron chi connectivity index (χ3n) is 2.87. The zero-order valence-corrected chi connectivity index (χ0v) is 11.3. The van der Waals surface area contributed by atoms with Gasteiger partial charge in [-0.05, 0) is 49.6 Å². The molecule has 1 atom stereocenters. The van der Waals surface area contributed by atoms with E-state index in [0.29, 0.717) is 6.04 Å². The van der Waals surface area contributed by atoms with Crippen molar-refractivity contribution in [2.75, 3.05) is 6.54 Å². The molecule has 1 aromatic carbocycles. The standard InChI is InChI=1S/C15H20ClN/c1-4-6-7-8-15(17-5-2)14-10-9-13(16)11-12(14)3/h1,9-11,15,17H,5-8H2,2-3H3. The lowest BCUT2D eigenvalue weighted by Crippen LogP contribution is -2.21. The highest BCUT2D eigenvalue weighted by Gasteiger charge is 2.12. The van der Waals surface area contributed by atoms with Gasteiger partial charge < -0.3 is 5.32 Å². The van der Waals surface area contributed by atoms with Crippen molar-refractivity contribution in [3.63, 3.8) is 0 Å². The molecule has 0 heterocycles. The van der Waals surface area contributed by atoms with Gasteiger partial charge >= 0.3 is 0 Å². The molecule has 0 aliphatic carbocycles. The Morgan fingerprint density at radius 2 is 2.24 bits per heavy atom. The van der Waals surface area contributed by atoms with Crippen molar-refractivity contribution in [2.45, 2.75) is 39.2 Å². The van der Waals surface area contributed by atoms with E-state index in [0.717, 1.165) is 30.8 Å². The van der Waals surface area contributed by atoms with Gasteiger partial charge in [0.1, 0.15) is 0 Å². The summed E-state index contributed by atoms with van der Waals surface area (Å²) in [6, 6.07) is 6.46. The highest BCUT2D eigenvalue weighted by molar-refractivity contribution is 6.30. The first-order chi connectivity index (χ1) is 8.19. The van der Waals surface area contributed by atoms with Crippen molar-refractivity contribution in [1.29, 1.82) is 0 Å². The fourth-order valence-electron chi connectivity index (χ4n) is 2.05. The van der Waals surface area contributed by atoms with Gasteiger partial charge in [0.15, 0.2) is 0 Å². The Morgan fingerprint density at radius 1 is 1.47 bits per heavy atom. The predicted molar refractivity (Wildman–Crippen MR) is 75.3 cm³/mol. The van der Waals surface area contributed by atoms with Gasteiger partial charge in [-0.25, -0.2) is 0 Å². The molecule has 1 unspecified atom stereocenters. The van der Waals surface area contributed by atoms with Gasteiger partial charge in [-0.2, -0.15) is 0 Å².